The zero-order valence-corrected chi connectivity index (χ0v) is 11.8. The SMILES string of the molecule is C=Cc1c(/C=C\C)sc(/C(=C/C)N=CC)c1C. The van der Waals surface area contributed by atoms with E-state index in [-0.39, 0.29) is 0 Å². The Kier molecular flexibility index (Phi) is 5.11. The average molecular weight is 245 g/mol. The monoisotopic (exact) mass is 245 g/mol. The third-order valence-corrected chi connectivity index (χ3v) is 3.81. The van der Waals surface area contributed by atoms with Crippen molar-refractivity contribution >= 4 is 35.4 Å². The molecule has 0 spiro atoms. The minimum absolute atomic E-state index is 1.04. The second-order valence-corrected chi connectivity index (χ2v) is 4.65. The highest BCUT2D eigenvalue weighted by Crippen LogP contribution is 2.35. The van der Waals surface area contributed by atoms with Crippen LogP contribution in [-0.4, -0.2) is 6.21 Å². The molecule has 0 unspecified atom stereocenters. The molecule has 0 fully saturated rings. The molecule has 2 heteroatoms. The van der Waals surface area contributed by atoms with E-state index in [1.165, 1.54) is 20.9 Å². The Labute approximate surface area is 108 Å². The van der Waals surface area contributed by atoms with Crippen molar-refractivity contribution in [3.63, 3.8) is 0 Å². The van der Waals surface area contributed by atoms with Gasteiger partial charge in [0, 0.05) is 11.1 Å². The van der Waals surface area contributed by atoms with Gasteiger partial charge in [0.1, 0.15) is 0 Å². The molecule has 0 aromatic carbocycles. The van der Waals surface area contributed by atoms with Crippen LogP contribution in [0.5, 0.6) is 0 Å². The summed E-state index contributed by atoms with van der Waals surface area (Å²) in [5.41, 5.74) is 3.51. The molecule has 17 heavy (non-hydrogen) atoms. The Morgan fingerprint density at radius 1 is 1.29 bits per heavy atom. The molecule has 0 aliphatic rings. The highest BCUT2D eigenvalue weighted by atomic mass is 32.1. The van der Waals surface area contributed by atoms with Crippen LogP contribution in [0.3, 0.4) is 0 Å². The van der Waals surface area contributed by atoms with Gasteiger partial charge in [-0.15, -0.1) is 11.3 Å². The third-order valence-electron chi connectivity index (χ3n) is 2.52. The summed E-state index contributed by atoms with van der Waals surface area (Å²) in [7, 11) is 0. The maximum Gasteiger partial charge on any atom is 0.0758 e. The van der Waals surface area contributed by atoms with E-state index in [0.717, 1.165) is 5.70 Å². The molecule has 0 radical (unpaired) electrons. The van der Waals surface area contributed by atoms with Crippen molar-refractivity contribution in [3.8, 4) is 0 Å². The average Bonchev–Trinajstić information content (AvgIpc) is 2.63. The van der Waals surface area contributed by atoms with Gasteiger partial charge in [-0.2, -0.15) is 0 Å². The summed E-state index contributed by atoms with van der Waals surface area (Å²) in [4.78, 5) is 6.89. The summed E-state index contributed by atoms with van der Waals surface area (Å²) in [6, 6.07) is 0. The van der Waals surface area contributed by atoms with Crippen molar-refractivity contribution in [2.75, 3.05) is 0 Å². The van der Waals surface area contributed by atoms with Gasteiger partial charge < -0.3 is 0 Å². The zero-order chi connectivity index (χ0) is 12.8. The van der Waals surface area contributed by atoms with Gasteiger partial charge in [-0.25, -0.2) is 0 Å². The minimum Gasteiger partial charge on any atom is -0.260 e. The van der Waals surface area contributed by atoms with Crippen LogP contribution in [-0.2, 0) is 0 Å². The summed E-state index contributed by atoms with van der Waals surface area (Å²) in [5.74, 6) is 0. The number of hydrogen-bond acceptors (Lipinski definition) is 2. The lowest BCUT2D eigenvalue weighted by atomic mass is 10.1. The molecule has 0 N–H and O–H groups in total. The van der Waals surface area contributed by atoms with E-state index in [1.807, 2.05) is 39.1 Å². The fourth-order valence-electron chi connectivity index (χ4n) is 1.73. The van der Waals surface area contributed by atoms with Crippen LogP contribution >= 0.6 is 11.3 Å². The van der Waals surface area contributed by atoms with Gasteiger partial charge in [0.15, 0.2) is 0 Å². The Morgan fingerprint density at radius 2 is 2.00 bits per heavy atom. The van der Waals surface area contributed by atoms with Crippen LogP contribution in [0.2, 0.25) is 0 Å². The lowest BCUT2D eigenvalue weighted by Gasteiger charge is -1.99. The van der Waals surface area contributed by atoms with E-state index < -0.39 is 0 Å². The van der Waals surface area contributed by atoms with E-state index in [1.54, 1.807) is 11.3 Å². The molecule has 0 aliphatic heterocycles. The van der Waals surface area contributed by atoms with E-state index in [2.05, 4.69) is 30.6 Å². The smallest absolute Gasteiger partial charge is 0.0758 e. The van der Waals surface area contributed by atoms with Crippen LogP contribution in [0.4, 0.5) is 0 Å². The van der Waals surface area contributed by atoms with Crippen LogP contribution in [0.25, 0.3) is 17.8 Å². The third kappa shape index (κ3) is 2.83. The first-order chi connectivity index (χ1) is 8.19. The summed E-state index contributed by atoms with van der Waals surface area (Å²) >= 11 is 1.77. The van der Waals surface area contributed by atoms with Gasteiger partial charge in [-0.05, 0) is 44.9 Å². The van der Waals surface area contributed by atoms with Gasteiger partial charge in [-0.1, -0.05) is 24.8 Å². The first kappa shape index (κ1) is 13.7. The lowest BCUT2D eigenvalue weighted by Crippen LogP contribution is -1.81. The Hall–Kier alpha value is -1.41. The highest BCUT2D eigenvalue weighted by Gasteiger charge is 2.13. The molecule has 1 aromatic rings. The van der Waals surface area contributed by atoms with Crippen LogP contribution in [0, 0.1) is 6.92 Å². The summed E-state index contributed by atoms with van der Waals surface area (Å²) in [6.07, 6.45) is 9.98. The van der Waals surface area contributed by atoms with Gasteiger partial charge >= 0.3 is 0 Å². The molecule has 1 rings (SSSR count). The Bertz CT molecular complexity index is 487. The van der Waals surface area contributed by atoms with Crippen LogP contribution < -0.4 is 0 Å². The molecule has 90 valence electrons. The number of hydrogen-bond donors (Lipinski definition) is 0. The van der Waals surface area contributed by atoms with E-state index in [4.69, 9.17) is 0 Å². The largest absolute Gasteiger partial charge is 0.260 e. The Balaban J connectivity index is 3.41. The molecule has 1 nitrogen and oxygen atoms in total. The molecule has 0 aliphatic carbocycles. The number of thiophene rings is 1. The second kappa shape index (κ2) is 6.36. The van der Waals surface area contributed by atoms with Gasteiger partial charge in [0.05, 0.1) is 10.6 Å². The summed E-state index contributed by atoms with van der Waals surface area (Å²) in [6.45, 7) is 12.0. The highest BCUT2D eigenvalue weighted by molar-refractivity contribution is 7.14. The molecule has 1 aromatic heterocycles. The molecule has 1 heterocycles. The van der Waals surface area contributed by atoms with Crippen molar-refractivity contribution in [2.45, 2.75) is 27.7 Å². The summed E-state index contributed by atoms with van der Waals surface area (Å²) in [5, 5.41) is 0. The molecule has 0 saturated heterocycles. The predicted molar refractivity (Wildman–Crippen MR) is 81.7 cm³/mol. The first-order valence-corrected chi connectivity index (χ1v) is 6.55. The number of rotatable bonds is 4. The van der Waals surface area contributed by atoms with Gasteiger partial charge in [0.25, 0.3) is 0 Å². The molecule has 0 atom stereocenters. The fraction of sp³-hybridized carbons (Fsp3) is 0.267. The van der Waals surface area contributed by atoms with Crippen molar-refractivity contribution in [2.24, 2.45) is 4.99 Å². The first-order valence-electron chi connectivity index (χ1n) is 5.73. The summed E-state index contributed by atoms with van der Waals surface area (Å²) < 4.78 is 0. The molecular formula is C15H19NS. The van der Waals surface area contributed by atoms with E-state index in [0.29, 0.717) is 0 Å². The normalized spacial score (nSPS) is 12.8. The number of nitrogens with zero attached hydrogens (tertiary/aromatic N) is 1. The zero-order valence-electron chi connectivity index (χ0n) is 10.9. The van der Waals surface area contributed by atoms with E-state index >= 15 is 0 Å². The minimum atomic E-state index is 1.04. The lowest BCUT2D eigenvalue weighted by molar-refractivity contribution is 1.44. The maximum absolute atomic E-state index is 4.41. The van der Waals surface area contributed by atoms with Gasteiger partial charge in [-0.3, -0.25) is 4.99 Å². The second-order valence-electron chi connectivity index (χ2n) is 3.60. The van der Waals surface area contributed by atoms with Crippen molar-refractivity contribution in [3.05, 3.63) is 39.6 Å². The van der Waals surface area contributed by atoms with Crippen LogP contribution in [0.15, 0.2) is 23.7 Å². The predicted octanol–water partition coefficient (Wildman–Crippen LogP) is 5.18. The number of aliphatic imine (C=N–C) groups is 1. The topological polar surface area (TPSA) is 12.4 Å². The van der Waals surface area contributed by atoms with E-state index in [9.17, 15) is 0 Å². The molecular weight excluding hydrogens is 226 g/mol. The fourth-order valence-corrected chi connectivity index (χ4v) is 3.03. The molecule has 0 bridgehead atoms. The standard InChI is InChI=1S/C15H19NS/c1-6-10-14-12(7-2)11(5)15(17-14)13(8-3)16-9-4/h6-10H,2H2,1,3-5H3/b10-6-,13-8-,16-9?. The number of allylic oxidation sites excluding steroid dienone is 2. The molecule has 0 amide bonds. The Morgan fingerprint density at radius 3 is 2.47 bits per heavy atom. The van der Waals surface area contributed by atoms with Crippen LogP contribution in [0.1, 0.15) is 41.7 Å². The van der Waals surface area contributed by atoms with Gasteiger partial charge in [0.2, 0.25) is 0 Å². The molecule has 0 saturated carbocycles. The maximum atomic E-state index is 4.41. The van der Waals surface area contributed by atoms with Crippen molar-refractivity contribution < 1.29 is 0 Å². The van der Waals surface area contributed by atoms with Crippen molar-refractivity contribution in [1.29, 1.82) is 0 Å². The van der Waals surface area contributed by atoms with Crippen molar-refractivity contribution in [1.82, 2.24) is 0 Å². The quantitative estimate of drug-likeness (QED) is 0.648.